The molecule has 2 aromatic rings. The van der Waals surface area contributed by atoms with Crippen LogP contribution in [0.1, 0.15) is 11.6 Å². The van der Waals surface area contributed by atoms with Crippen LogP contribution in [-0.4, -0.2) is 28.6 Å². The van der Waals surface area contributed by atoms with Crippen LogP contribution in [-0.2, 0) is 6.42 Å². The fraction of sp³-hybridized carbons (Fsp3) is 0.308. The number of nitrogens with zero attached hydrogens (tertiary/aromatic N) is 3. The maximum absolute atomic E-state index is 13.4. The van der Waals surface area contributed by atoms with E-state index >= 15 is 0 Å². The number of aromatic nitrogens is 3. The number of benzene rings is 1. The average Bonchev–Trinajstić information content (AvgIpc) is 2.38. The van der Waals surface area contributed by atoms with E-state index in [9.17, 15) is 4.39 Å². The molecule has 0 atom stereocenters. The molecule has 0 saturated carbocycles. The molecule has 2 rings (SSSR count). The number of ether oxygens (including phenoxy) is 1. The first-order valence-corrected chi connectivity index (χ1v) is 5.89. The molecule has 1 aromatic carbocycles. The molecule has 1 aromatic heterocycles. The molecule has 0 saturated heterocycles. The molecule has 0 unspecified atom stereocenters. The molecule has 100 valence electrons. The van der Waals surface area contributed by atoms with Gasteiger partial charge in [0.2, 0.25) is 0 Å². The number of halogens is 1. The van der Waals surface area contributed by atoms with Crippen LogP contribution >= 0.6 is 0 Å². The SMILES string of the molecule is COc1ccc(F)cc1-c1nc(C)nc(CCN)n1. The van der Waals surface area contributed by atoms with Gasteiger partial charge in [0.1, 0.15) is 23.2 Å². The molecule has 2 N–H and O–H groups in total. The highest BCUT2D eigenvalue weighted by Gasteiger charge is 2.12. The lowest BCUT2D eigenvalue weighted by Gasteiger charge is -2.09. The average molecular weight is 262 g/mol. The highest BCUT2D eigenvalue weighted by Crippen LogP contribution is 2.28. The van der Waals surface area contributed by atoms with Crippen molar-refractivity contribution >= 4 is 0 Å². The summed E-state index contributed by atoms with van der Waals surface area (Å²) in [4.78, 5) is 12.7. The van der Waals surface area contributed by atoms with Gasteiger partial charge in [-0.05, 0) is 31.7 Å². The van der Waals surface area contributed by atoms with Crippen molar-refractivity contribution in [3.63, 3.8) is 0 Å². The second-order valence-electron chi connectivity index (χ2n) is 4.01. The van der Waals surface area contributed by atoms with E-state index in [-0.39, 0.29) is 5.82 Å². The van der Waals surface area contributed by atoms with Gasteiger partial charge in [0.05, 0.1) is 12.7 Å². The second-order valence-corrected chi connectivity index (χ2v) is 4.01. The van der Waals surface area contributed by atoms with Crippen molar-refractivity contribution in [2.45, 2.75) is 13.3 Å². The Labute approximate surface area is 110 Å². The molecule has 6 heteroatoms. The number of hydrogen-bond acceptors (Lipinski definition) is 5. The summed E-state index contributed by atoms with van der Waals surface area (Å²) in [6.45, 7) is 2.21. The lowest BCUT2D eigenvalue weighted by molar-refractivity contribution is 0.415. The van der Waals surface area contributed by atoms with Crippen molar-refractivity contribution in [3.8, 4) is 17.1 Å². The van der Waals surface area contributed by atoms with Crippen LogP contribution in [0.25, 0.3) is 11.4 Å². The number of methoxy groups -OCH3 is 1. The third kappa shape index (κ3) is 3.03. The van der Waals surface area contributed by atoms with Gasteiger partial charge in [-0.25, -0.2) is 19.3 Å². The van der Waals surface area contributed by atoms with E-state index in [4.69, 9.17) is 10.5 Å². The number of aryl methyl sites for hydroxylation is 1. The molecule has 0 amide bonds. The van der Waals surface area contributed by atoms with Gasteiger partial charge in [0, 0.05) is 6.42 Å². The summed E-state index contributed by atoms with van der Waals surface area (Å²) in [6, 6.07) is 4.23. The van der Waals surface area contributed by atoms with Crippen LogP contribution in [0.3, 0.4) is 0 Å². The Morgan fingerprint density at radius 1 is 1.26 bits per heavy atom. The lowest BCUT2D eigenvalue weighted by atomic mass is 10.2. The summed E-state index contributed by atoms with van der Waals surface area (Å²) in [7, 11) is 1.52. The number of nitrogens with two attached hydrogens (primary N) is 1. The Morgan fingerprint density at radius 3 is 2.74 bits per heavy atom. The first-order chi connectivity index (χ1) is 9.13. The Kier molecular flexibility index (Phi) is 4.01. The number of rotatable bonds is 4. The van der Waals surface area contributed by atoms with Gasteiger partial charge in [-0.1, -0.05) is 0 Å². The van der Waals surface area contributed by atoms with Crippen LogP contribution in [0, 0.1) is 12.7 Å². The molecule has 19 heavy (non-hydrogen) atoms. The zero-order chi connectivity index (χ0) is 13.8. The van der Waals surface area contributed by atoms with Crippen LogP contribution in [0.15, 0.2) is 18.2 Å². The van der Waals surface area contributed by atoms with Gasteiger partial charge in [0.15, 0.2) is 5.82 Å². The van der Waals surface area contributed by atoms with Gasteiger partial charge in [0.25, 0.3) is 0 Å². The third-order valence-corrected chi connectivity index (χ3v) is 2.56. The smallest absolute Gasteiger partial charge is 0.167 e. The number of hydrogen-bond donors (Lipinski definition) is 1. The fourth-order valence-electron chi connectivity index (χ4n) is 1.75. The summed E-state index contributed by atoms with van der Waals surface area (Å²) in [5.74, 6) is 1.71. The predicted molar refractivity (Wildman–Crippen MR) is 69.3 cm³/mol. The second kappa shape index (κ2) is 5.71. The first-order valence-electron chi connectivity index (χ1n) is 5.89. The normalized spacial score (nSPS) is 10.5. The predicted octanol–water partition coefficient (Wildman–Crippen LogP) is 1.50. The highest BCUT2D eigenvalue weighted by molar-refractivity contribution is 5.64. The highest BCUT2D eigenvalue weighted by atomic mass is 19.1. The molecule has 0 bridgehead atoms. The Morgan fingerprint density at radius 2 is 2.05 bits per heavy atom. The maximum Gasteiger partial charge on any atom is 0.167 e. The van der Waals surface area contributed by atoms with E-state index < -0.39 is 0 Å². The Hall–Kier alpha value is -2.08. The van der Waals surface area contributed by atoms with E-state index in [1.54, 1.807) is 13.0 Å². The molecular weight excluding hydrogens is 247 g/mol. The molecule has 0 fully saturated rings. The zero-order valence-corrected chi connectivity index (χ0v) is 10.9. The van der Waals surface area contributed by atoms with E-state index in [1.807, 2.05) is 0 Å². The molecule has 0 radical (unpaired) electrons. The lowest BCUT2D eigenvalue weighted by Crippen LogP contribution is -2.09. The maximum atomic E-state index is 13.4. The molecule has 5 nitrogen and oxygen atoms in total. The summed E-state index contributed by atoms with van der Waals surface area (Å²) < 4.78 is 18.6. The van der Waals surface area contributed by atoms with Crippen molar-refractivity contribution in [2.75, 3.05) is 13.7 Å². The molecule has 1 heterocycles. The standard InChI is InChI=1S/C13H15FN4O/c1-8-16-12(5-6-15)18-13(17-8)10-7-9(14)3-4-11(10)19-2/h3-4,7H,5-6,15H2,1-2H3. The van der Waals surface area contributed by atoms with Crippen molar-refractivity contribution < 1.29 is 9.13 Å². The minimum Gasteiger partial charge on any atom is -0.496 e. The topological polar surface area (TPSA) is 73.9 Å². The van der Waals surface area contributed by atoms with Crippen molar-refractivity contribution in [3.05, 3.63) is 35.7 Å². The molecule has 0 aliphatic carbocycles. The van der Waals surface area contributed by atoms with Gasteiger partial charge in [-0.3, -0.25) is 0 Å². The minimum atomic E-state index is -0.366. The van der Waals surface area contributed by atoms with Crippen molar-refractivity contribution in [2.24, 2.45) is 5.73 Å². The van der Waals surface area contributed by atoms with Gasteiger partial charge in [-0.15, -0.1) is 0 Å². The third-order valence-electron chi connectivity index (χ3n) is 2.56. The molecule has 0 aliphatic heterocycles. The van der Waals surface area contributed by atoms with Crippen molar-refractivity contribution in [1.82, 2.24) is 15.0 Å². The monoisotopic (exact) mass is 262 g/mol. The summed E-state index contributed by atoms with van der Waals surface area (Å²) in [6.07, 6.45) is 0.550. The first kappa shape index (κ1) is 13.4. The Bertz CT molecular complexity index is 589. The van der Waals surface area contributed by atoms with E-state index in [0.29, 0.717) is 41.8 Å². The molecule has 0 spiro atoms. The summed E-state index contributed by atoms with van der Waals surface area (Å²) in [5.41, 5.74) is 6.00. The Balaban J connectivity index is 2.54. The molecular formula is C13H15FN4O. The quantitative estimate of drug-likeness (QED) is 0.903. The van der Waals surface area contributed by atoms with Crippen LogP contribution < -0.4 is 10.5 Å². The van der Waals surface area contributed by atoms with E-state index in [1.165, 1.54) is 19.2 Å². The van der Waals surface area contributed by atoms with Gasteiger partial charge < -0.3 is 10.5 Å². The van der Waals surface area contributed by atoms with Crippen LogP contribution in [0.4, 0.5) is 4.39 Å². The largest absolute Gasteiger partial charge is 0.496 e. The van der Waals surface area contributed by atoms with Gasteiger partial charge in [-0.2, -0.15) is 0 Å². The van der Waals surface area contributed by atoms with E-state index in [0.717, 1.165) is 0 Å². The molecule has 0 aliphatic rings. The summed E-state index contributed by atoms with van der Waals surface area (Å²) in [5, 5.41) is 0. The van der Waals surface area contributed by atoms with Crippen LogP contribution in [0.5, 0.6) is 5.75 Å². The zero-order valence-electron chi connectivity index (χ0n) is 10.9. The van der Waals surface area contributed by atoms with E-state index in [2.05, 4.69) is 15.0 Å². The van der Waals surface area contributed by atoms with Crippen LogP contribution in [0.2, 0.25) is 0 Å². The fourth-order valence-corrected chi connectivity index (χ4v) is 1.75. The minimum absolute atomic E-state index is 0.366. The summed E-state index contributed by atoms with van der Waals surface area (Å²) >= 11 is 0. The van der Waals surface area contributed by atoms with Crippen molar-refractivity contribution in [1.29, 1.82) is 0 Å². The van der Waals surface area contributed by atoms with Gasteiger partial charge >= 0.3 is 0 Å².